The molecule has 1 N–H and O–H groups in total. The predicted octanol–water partition coefficient (Wildman–Crippen LogP) is 5.67. The molecule has 0 aliphatic carbocycles. The molecule has 0 fully saturated rings. The number of carbonyl (C=O) groups is 1. The van der Waals surface area contributed by atoms with E-state index in [9.17, 15) is 4.79 Å². The number of nitrogens with one attached hydrogen (secondary N) is 1. The SMILES string of the molecule is Cc1ccccc1Nc1ccc(C(=O)c2ccncc2Cl)c(Cl)c1. The highest BCUT2D eigenvalue weighted by molar-refractivity contribution is 6.38. The molecule has 0 saturated carbocycles. The van der Waals surface area contributed by atoms with Crippen molar-refractivity contribution in [2.45, 2.75) is 6.92 Å². The van der Waals surface area contributed by atoms with Crippen LogP contribution in [0, 0.1) is 6.92 Å². The number of pyridine rings is 1. The summed E-state index contributed by atoms with van der Waals surface area (Å²) in [6.45, 7) is 2.02. The van der Waals surface area contributed by atoms with E-state index in [4.69, 9.17) is 23.2 Å². The number of anilines is 2. The Kier molecular flexibility index (Phi) is 4.84. The summed E-state index contributed by atoms with van der Waals surface area (Å²) in [5.41, 5.74) is 3.71. The van der Waals surface area contributed by atoms with Crippen LogP contribution in [0.4, 0.5) is 11.4 Å². The molecule has 1 aromatic heterocycles. The minimum atomic E-state index is -0.227. The molecule has 0 aliphatic rings. The van der Waals surface area contributed by atoms with Crippen molar-refractivity contribution in [1.82, 2.24) is 4.98 Å². The van der Waals surface area contributed by atoms with Crippen LogP contribution in [0.25, 0.3) is 0 Å². The van der Waals surface area contributed by atoms with Gasteiger partial charge in [-0.25, -0.2) is 0 Å². The van der Waals surface area contributed by atoms with Gasteiger partial charge in [-0.1, -0.05) is 41.4 Å². The zero-order valence-electron chi connectivity index (χ0n) is 12.9. The Bertz CT molecular complexity index is 909. The summed E-state index contributed by atoms with van der Waals surface area (Å²) < 4.78 is 0. The van der Waals surface area contributed by atoms with Crippen LogP contribution >= 0.6 is 23.2 Å². The molecule has 0 bridgehead atoms. The lowest BCUT2D eigenvalue weighted by molar-refractivity contribution is 0.103. The number of ketones is 1. The summed E-state index contributed by atoms with van der Waals surface area (Å²) in [4.78, 5) is 16.5. The highest BCUT2D eigenvalue weighted by Crippen LogP contribution is 2.28. The molecule has 0 atom stereocenters. The number of carbonyl (C=O) groups excluding carboxylic acids is 1. The maximum Gasteiger partial charge on any atom is 0.196 e. The Morgan fingerprint density at radius 3 is 2.46 bits per heavy atom. The van der Waals surface area contributed by atoms with E-state index in [2.05, 4.69) is 10.3 Å². The van der Waals surface area contributed by atoms with Gasteiger partial charge in [0.2, 0.25) is 0 Å². The van der Waals surface area contributed by atoms with Gasteiger partial charge in [-0.2, -0.15) is 0 Å². The topological polar surface area (TPSA) is 42.0 Å². The number of nitrogens with zero attached hydrogens (tertiary/aromatic N) is 1. The first-order valence-electron chi connectivity index (χ1n) is 7.32. The number of rotatable bonds is 4. The second-order valence-electron chi connectivity index (χ2n) is 5.32. The molecule has 24 heavy (non-hydrogen) atoms. The lowest BCUT2D eigenvalue weighted by Crippen LogP contribution is -2.04. The molecular weight excluding hydrogens is 343 g/mol. The molecule has 0 saturated heterocycles. The van der Waals surface area contributed by atoms with Crippen LogP contribution < -0.4 is 5.32 Å². The zero-order valence-corrected chi connectivity index (χ0v) is 14.4. The van der Waals surface area contributed by atoms with Gasteiger partial charge in [0, 0.05) is 34.9 Å². The fourth-order valence-corrected chi connectivity index (χ4v) is 2.82. The third kappa shape index (κ3) is 3.42. The van der Waals surface area contributed by atoms with Crippen LogP contribution in [0.5, 0.6) is 0 Å². The number of halogens is 2. The Morgan fingerprint density at radius 1 is 1.00 bits per heavy atom. The second-order valence-corrected chi connectivity index (χ2v) is 6.13. The van der Waals surface area contributed by atoms with Gasteiger partial charge >= 0.3 is 0 Å². The van der Waals surface area contributed by atoms with Crippen LogP contribution in [0.1, 0.15) is 21.5 Å². The number of para-hydroxylation sites is 1. The molecular formula is C19H14Cl2N2O. The summed E-state index contributed by atoms with van der Waals surface area (Å²) in [7, 11) is 0. The molecule has 0 unspecified atom stereocenters. The van der Waals surface area contributed by atoms with Gasteiger partial charge in [-0.3, -0.25) is 9.78 Å². The molecule has 3 nitrogen and oxygen atoms in total. The number of aryl methyl sites for hydroxylation is 1. The van der Waals surface area contributed by atoms with Crippen molar-refractivity contribution in [2.24, 2.45) is 0 Å². The molecule has 2 aromatic carbocycles. The highest BCUT2D eigenvalue weighted by atomic mass is 35.5. The molecule has 3 rings (SSSR count). The quantitative estimate of drug-likeness (QED) is 0.612. The van der Waals surface area contributed by atoms with E-state index in [0.717, 1.165) is 16.9 Å². The lowest BCUT2D eigenvalue weighted by Gasteiger charge is -2.11. The van der Waals surface area contributed by atoms with Crippen LogP contribution in [-0.2, 0) is 0 Å². The van der Waals surface area contributed by atoms with E-state index in [1.165, 1.54) is 12.4 Å². The normalized spacial score (nSPS) is 10.5. The first-order valence-corrected chi connectivity index (χ1v) is 8.08. The number of hydrogen-bond donors (Lipinski definition) is 1. The van der Waals surface area contributed by atoms with Crippen molar-refractivity contribution in [3.63, 3.8) is 0 Å². The van der Waals surface area contributed by atoms with Crippen molar-refractivity contribution in [3.8, 4) is 0 Å². The summed E-state index contributed by atoms with van der Waals surface area (Å²) in [6.07, 6.45) is 2.97. The number of benzene rings is 2. The van der Waals surface area contributed by atoms with Gasteiger partial charge in [0.15, 0.2) is 5.78 Å². The number of aromatic nitrogens is 1. The lowest BCUT2D eigenvalue weighted by atomic mass is 10.0. The monoisotopic (exact) mass is 356 g/mol. The minimum Gasteiger partial charge on any atom is -0.355 e. The van der Waals surface area contributed by atoms with Crippen molar-refractivity contribution in [2.75, 3.05) is 5.32 Å². The molecule has 0 spiro atoms. The Labute approximate surface area is 150 Å². The average molecular weight is 357 g/mol. The van der Waals surface area contributed by atoms with E-state index in [1.807, 2.05) is 37.3 Å². The van der Waals surface area contributed by atoms with Gasteiger partial charge < -0.3 is 5.32 Å². The molecule has 0 amide bonds. The largest absolute Gasteiger partial charge is 0.355 e. The van der Waals surface area contributed by atoms with E-state index >= 15 is 0 Å². The number of hydrogen-bond acceptors (Lipinski definition) is 3. The first kappa shape index (κ1) is 16.5. The van der Waals surface area contributed by atoms with Crippen molar-refractivity contribution < 1.29 is 4.79 Å². The van der Waals surface area contributed by atoms with Crippen molar-refractivity contribution in [1.29, 1.82) is 0 Å². The fourth-order valence-electron chi connectivity index (χ4n) is 2.35. The second kappa shape index (κ2) is 7.04. The van der Waals surface area contributed by atoms with Crippen molar-refractivity contribution >= 4 is 40.4 Å². The van der Waals surface area contributed by atoms with Crippen LogP contribution in [0.2, 0.25) is 10.0 Å². The molecule has 3 aromatic rings. The van der Waals surface area contributed by atoms with Crippen LogP contribution in [0.3, 0.4) is 0 Å². The van der Waals surface area contributed by atoms with E-state index in [-0.39, 0.29) is 5.78 Å². The van der Waals surface area contributed by atoms with Crippen LogP contribution in [0.15, 0.2) is 60.9 Å². The summed E-state index contributed by atoms with van der Waals surface area (Å²) >= 11 is 12.4. The van der Waals surface area contributed by atoms with E-state index < -0.39 is 0 Å². The predicted molar refractivity (Wildman–Crippen MR) is 98.6 cm³/mol. The third-order valence-corrected chi connectivity index (χ3v) is 4.27. The molecule has 5 heteroatoms. The Hall–Kier alpha value is -2.36. The van der Waals surface area contributed by atoms with Gasteiger partial charge in [0.1, 0.15) is 0 Å². The van der Waals surface area contributed by atoms with Gasteiger partial charge in [-0.05, 0) is 42.8 Å². The molecule has 0 radical (unpaired) electrons. The zero-order chi connectivity index (χ0) is 17.1. The molecule has 0 aliphatic heterocycles. The van der Waals surface area contributed by atoms with Crippen molar-refractivity contribution in [3.05, 3.63) is 87.7 Å². The van der Waals surface area contributed by atoms with Crippen LogP contribution in [-0.4, -0.2) is 10.8 Å². The third-order valence-electron chi connectivity index (χ3n) is 3.65. The standard InChI is InChI=1S/C19H14Cl2N2O/c1-12-4-2-3-5-18(12)23-13-6-7-14(16(20)10-13)19(24)15-8-9-22-11-17(15)21/h2-11,23H,1H3. The first-order chi connectivity index (χ1) is 11.6. The van der Waals surface area contributed by atoms with Gasteiger partial charge in [0.05, 0.1) is 10.0 Å². The maximum absolute atomic E-state index is 12.6. The summed E-state index contributed by atoms with van der Waals surface area (Å²) in [5.74, 6) is -0.227. The Balaban J connectivity index is 1.89. The van der Waals surface area contributed by atoms with E-state index in [1.54, 1.807) is 18.2 Å². The minimum absolute atomic E-state index is 0.227. The maximum atomic E-state index is 12.6. The van der Waals surface area contributed by atoms with Gasteiger partial charge in [0.25, 0.3) is 0 Å². The highest BCUT2D eigenvalue weighted by Gasteiger charge is 2.16. The Morgan fingerprint density at radius 2 is 1.75 bits per heavy atom. The summed E-state index contributed by atoms with van der Waals surface area (Å²) in [5, 5.41) is 3.97. The summed E-state index contributed by atoms with van der Waals surface area (Å²) in [6, 6.07) is 14.8. The fraction of sp³-hybridized carbons (Fsp3) is 0.0526. The van der Waals surface area contributed by atoms with Gasteiger partial charge in [-0.15, -0.1) is 0 Å². The smallest absolute Gasteiger partial charge is 0.196 e. The molecule has 120 valence electrons. The average Bonchev–Trinajstić information content (AvgIpc) is 2.57. The molecule has 1 heterocycles. The van der Waals surface area contributed by atoms with E-state index in [0.29, 0.717) is 21.2 Å².